The smallest absolute Gasteiger partial charge is 0.261 e. The summed E-state index contributed by atoms with van der Waals surface area (Å²) in [4.78, 5) is 11.0. The first kappa shape index (κ1) is 19.2. The summed E-state index contributed by atoms with van der Waals surface area (Å²) in [7, 11) is 3.21. The molecule has 2 aromatic heterocycles. The number of ether oxygens (including phenoxy) is 2. The number of benzene rings is 1. The molecule has 0 radical (unpaired) electrons. The van der Waals surface area contributed by atoms with Crippen molar-refractivity contribution in [3.63, 3.8) is 0 Å². The summed E-state index contributed by atoms with van der Waals surface area (Å²) in [6, 6.07) is 9.30. The van der Waals surface area contributed by atoms with Gasteiger partial charge in [-0.3, -0.25) is 0 Å². The lowest BCUT2D eigenvalue weighted by molar-refractivity contribution is 0.0113. The van der Waals surface area contributed by atoms with E-state index in [9.17, 15) is 5.11 Å². The quantitative estimate of drug-likeness (QED) is 0.704. The average molecular weight is 396 g/mol. The lowest BCUT2D eigenvalue weighted by atomic mass is 9.84. The minimum Gasteiger partial charge on any atom is -0.497 e. The van der Waals surface area contributed by atoms with Crippen LogP contribution in [0.2, 0.25) is 0 Å². The second-order valence-electron chi connectivity index (χ2n) is 7.14. The van der Waals surface area contributed by atoms with Crippen LogP contribution < -0.4 is 14.4 Å². The molecular formula is C21H24N4O4. The van der Waals surface area contributed by atoms with E-state index in [1.165, 1.54) is 0 Å². The molecule has 0 bridgehead atoms. The van der Waals surface area contributed by atoms with Crippen LogP contribution in [-0.4, -0.2) is 47.5 Å². The van der Waals surface area contributed by atoms with Gasteiger partial charge in [-0.05, 0) is 49.6 Å². The van der Waals surface area contributed by atoms with Gasteiger partial charge in [0.25, 0.3) is 5.89 Å². The van der Waals surface area contributed by atoms with E-state index in [1.807, 2.05) is 24.3 Å². The fraction of sp³-hybridized carbons (Fsp3) is 0.381. The molecule has 1 N–H and O–H groups in total. The van der Waals surface area contributed by atoms with Crippen LogP contribution in [0.15, 0.2) is 41.1 Å². The molecule has 1 saturated heterocycles. The molecule has 1 fully saturated rings. The largest absolute Gasteiger partial charge is 0.497 e. The van der Waals surface area contributed by atoms with Crippen molar-refractivity contribution in [3.8, 4) is 23.0 Å². The van der Waals surface area contributed by atoms with Gasteiger partial charge in [-0.25, -0.2) is 4.98 Å². The van der Waals surface area contributed by atoms with Crippen LogP contribution in [-0.2, 0) is 5.60 Å². The van der Waals surface area contributed by atoms with E-state index in [1.54, 1.807) is 33.4 Å². The topological polar surface area (TPSA) is 93.7 Å². The van der Waals surface area contributed by atoms with Crippen LogP contribution in [0.1, 0.15) is 24.2 Å². The number of hydrogen-bond acceptors (Lipinski definition) is 8. The summed E-state index contributed by atoms with van der Waals surface area (Å²) >= 11 is 0. The summed E-state index contributed by atoms with van der Waals surface area (Å²) in [5.74, 6) is 3.13. The van der Waals surface area contributed by atoms with Crippen molar-refractivity contribution in [1.29, 1.82) is 0 Å². The molecule has 0 aliphatic carbocycles. The number of anilines is 1. The number of piperidine rings is 1. The molecule has 0 unspecified atom stereocenters. The van der Waals surface area contributed by atoms with Crippen molar-refractivity contribution < 1.29 is 19.1 Å². The number of pyridine rings is 1. The average Bonchev–Trinajstić information content (AvgIpc) is 3.20. The fourth-order valence-corrected chi connectivity index (χ4v) is 3.68. The number of aryl methyl sites for hydroxylation is 1. The third-order valence-electron chi connectivity index (χ3n) is 5.32. The van der Waals surface area contributed by atoms with Crippen molar-refractivity contribution in [2.45, 2.75) is 25.4 Å². The van der Waals surface area contributed by atoms with E-state index >= 15 is 0 Å². The normalized spacial score (nSPS) is 15.9. The number of rotatable bonds is 5. The monoisotopic (exact) mass is 396 g/mol. The Hall–Kier alpha value is -3.13. The molecular weight excluding hydrogens is 372 g/mol. The van der Waals surface area contributed by atoms with E-state index in [2.05, 4.69) is 20.0 Å². The molecule has 152 valence electrons. The molecule has 0 spiro atoms. The maximum absolute atomic E-state index is 11.3. The van der Waals surface area contributed by atoms with Crippen LogP contribution in [0.3, 0.4) is 0 Å². The maximum atomic E-state index is 11.3. The third kappa shape index (κ3) is 3.75. The van der Waals surface area contributed by atoms with Gasteiger partial charge in [-0.2, -0.15) is 4.98 Å². The summed E-state index contributed by atoms with van der Waals surface area (Å²) in [5.41, 5.74) is 0.623. The van der Waals surface area contributed by atoms with E-state index in [0.29, 0.717) is 49.1 Å². The standard InChI is InChI=1S/C21H24N4O4/c1-14-23-20(29-24-14)18-5-4-8-22-19(18)25-9-6-21(26,7-10-25)15-11-16(27-2)13-17(12-15)28-3/h4-5,8,11-13,26H,6-7,9-10H2,1-3H3. The molecule has 1 aliphatic rings. The van der Waals surface area contributed by atoms with Gasteiger partial charge in [0, 0.05) is 25.4 Å². The molecule has 8 nitrogen and oxygen atoms in total. The maximum Gasteiger partial charge on any atom is 0.261 e. The molecule has 4 rings (SSSR count). The molecule has 3 heterocycles. The van der Waals surface area contributed by atoms with E-state index in [-0.39, 0.29) is 0 Å². The predicted octanol–water partition coefficient (Wildman–Crippen LogP) is 2.95. The summed E-state index contributed by atoms with van der Waals surface area (Å²) < 4.78 is 16.0. The third-order valence-corrected chi connectivity index (χ3v) is 5.32. The minimum atomic E-state index is -0.964. The Balaban J connectivity index is 1.58. The van der Waals surface area contributed by atoms with Gasteiger partial charge in [0.1, 0.15) is 17.3 Å². The van der Waals surface area contributed by atoms with Crippen molar-refractivity contribution in [2.75, 3.05) is 32.2 Å². The van der Waals surface area contributed by atoms with E-state index < -0.39 is 5.60 Å². The first-order valence-corrected chi connectivity index (χ1v) is 9.49. The van der Waals surface area contributed by atoms with Gasteiger partial charge < -0.3 is 24.0 Å². The van der Waals surface area contributed by atoms with Gasteiger partial charge in [0.05, 0.1) is 25.4 Å². The minimum absolute atomic E-state index is 0.448. The van der Waals surface area contributed by atoms with Crippen molar-refractivity contribution in [1.82, 2.24) is 15.1 Å². The highest BCUT2D eigenvalue weighted by Crippen LogP contribution is 2.39. The zero-order valence-electron chi connectivity index (χ0n) is 16.8. The Morgan fingerprint density at radius 3 is 2.38 bits per heavy atom. The van der Waals surface area contributed by atoms with Crippen molar-refractivity contribution >= 4 is 5.82 Å². The van der Waals surface area contributed by atoms with Crippen LogP contribution in [0.5, 0.6) is 11.5 Å². The number of nitrogens with zero attached hydrogens (tertiary/aromatic N) is 4. The van der Waals surface area contributed by atoms with Crippen LogP contribution in [0.25, 0.3) is 11.5 Å². The predicted molar refractivity (Wildman–Crippen MR) is 107 cm³/mol. The molecule has 0 saturated carbocycles. The highest BCUT2D eigenvalue weighted by molar-refractivity contribution is 5.69. The molecule has 0 atom stereocenters. The molecule has 1 aromatic carbocycles. The van der Waals surface area contributed by atoms with Crippen LogP contribution >= 0.6 is 0 Å². The fourth-order valence-electron chi connectivity index (χ4n) is 3.68. The van der Waals surface area contributed by atoms with E-state index in [0.717, 1.165) is 16.9 Å². The summed E-state index contributed by atoms with van der Waals surface area (Å²) in [6.45, 7) is 3.05. The summed E-state index contributed by atoms with van der Waals surface area (Å²) in [6.07, 6.45) is 2.83. The zero-order valence-corrected chi connectivity index (χ0v) is 16.8. The highest BCUT2D eigenvalue weighted by atomic mass is 16.5. The molecule has 29 heavy (non-hydrogen) atoms. The lowest BCUT2D eigenvalue weighted by Crippen LogP contribution is -2.43. The lowest BCUT2D eigenvalue weighted by Gasteiger charge is -2.39. The first-order chi connectivity index (χ1) is 14.0. The molecule has 1 aliphatic heterocycles. The van der Waals surface area contributed by atoms with Crippen LogP contribution in [0.4, 0.5) is 5.82 Å². The Bertz CT molecular complexity index is 974. The van der Waals surface area contributed by atoms with E-state index in [4.69, 9.17) is 14.0 Å². The SMILES string of the molecule is COc1cc(OC)cc(C2(O)CCN(c3ncccc3-c3nc(C)no3)CC2)c1. The Morgan fingerprint density at radius 1 is 1.10 bits per heavy atom. The molecule has 0 amide bonds. The van der Waals surface area contributed by atoms with Crippen molar-refractivity contribution in [2.24, 2.45) is 0 Å². The Kier molecular flexibility index (Phi) is 5.10. The highest BCUT2D eigenvalue weighted by Gasteiger charge is 2.36. The second kappa shape index (κ2) is 7.71. The first-order valence-electron chi connectivity index (χ1n) is 9.49. The number of methoxy groups -OCH3 is 2. The van der Waals surface area contributed by atoms with Gasteiger partial charge in [0.15, 0.2) is 5.82 Å². The summed E-state index contributed by atoms with van der Waals surface area (Å²) in [5, 5.41) is 15.2. The molecule has 3 aromatic rings. The zero-order chi connectivity index (χ0) is 20.4. The number of aliphatic hydroxyl groups is 1. The second-order valence-corrected chi connectivity index (χ2v) is 7.14. The van der Waals surface area contributed by atoms with Gasteiger partial charge >= 0.3 is 0 Å². The van der Waals surface area contributed by atoms with Crippen LogP contribution in [0, 0.1) is 6.92 Å². The van der Waals surface area contributed by atoms with Crippen molar-refractivity contribution in [3.05, 3.63) is 47.9 Å². The number of aromatic nitrogens is 3. The van der Waals surface area contributed by atoms with Gasteiger partial charge in [-0.1, -0.05) is 5.16 Å². The Labute approximate surface area is 169 Å². The Morgan fingerprint density at radius 2 is 1.79 bits per heavy atom. The van der Waals surface area contributed by atoms with Gasteiger partial charge in [-0.15, -0.1) is 0 Å². The molecule has 8 heteroatoms. The number of hydrogen-bond donors (Lipinski definition) is 1. The van der Waals surface area contributed by atoms with Gasteiger partial charge in [0.2, 0.25) is 0 Å².